The molecule has 0 saturated carbocycles. The average molecular weight is 380 g/mol. The van der Waals surface area contributed by atoms with E-state index in [4.69, 9.17) is 33.6 Å². The van der Waals surface area contributed by atoms with E-state index in [1.807, 2.05) is 42.5 Å². The smallest absolute Gasteiger partial charge is 0.274 e. The molecule has 1 heterocycles. The molecule has 0 aliphatic carbocycles. The van der Waals surface area contributed by atoms with Crippen molar-refractivity contribution < 1.29 is 9.15 Å². The molecule has 0 radical (unpaired) electrons. The molecule has 6 heteroatoms. The molecule has 2 aromatic carbocycles. The van der Waals surface area contributed by atoms with Crippen LogP contribution in [-0.2, 0) is 0 Å². The SMILES string of the molecule is COc1ccc2oc(=S)n(-c3ccc(Br)cc3)c(=S)c2c1. The Morgan fingerprint density at radius 2 is 1.81 bits per heavy atom. The van der Waals surface area contributed by atoms with Crippen LogP contribution in [0.2, 0.25) is 0 Å². The predicted octanol–water partition coefficient (Wildman–Crippen LogP) is 5.45. The second-order valence-corrected chi connectivity index (χ2v) is 6.00. The summed E-state index contributed by atoms with van der Waals surface area (Å²) in [6.45, 7) is 0. The molecule has 0 spiro atoms. The van der Waals surface area contributed by atoms with Gasteiger partial charge < -0.3 is 9.15 Å². The summed E-state index contributed by atoms with van der Waals surface area (Å²) >= 11 is 14.3. The van der Waals surface area contributed by atoms with E-state index < -0.39 is 0 Å². The van der Waals surface area contributed by atoms with Crippen LogP contribution in [0.3, 0.4) is 0 Å². The molecule has 1 aromatic heterocycles. The molecular formula is C15H10BrNO2S2. The van der Waals surface area contributed by atoms with Crippen LogP contribution >= 0.6 is 40.4 Å². The number of rotatable bonds is 2. The summed E-state index contributed by atoms with van der Waals surface area (Å²) in [6, 6.07) is 13.2. The molecule has 3 rings (SSSR count). The van der Waals surface area contributed by atoms with Crippen LogP contribution in [0.5, 0.6) is 5.75 Å². The maximum Gasteiger partial charge on any atom is 0.274 e. The van der Waals surface area contributed by atoms with Crippen LogP contribution in [0.15, 0.2) is 51.4 Å². The molecule has 0 aliphatic rings. The summed E-state index contributed by atoms with van der Waals surface area (Å²) in [7, 11) is 1.62. The zero-order valence-corrected chi connectivity index (χ0v) is 14.2. The van der Waals surface area contributed by atoms with Gasteiger partial charge in [0.1, 0.15) is 16.0 Å². The van der Waals surface area contributed by atoms with Crippen molar-refractivity contribution in [3.8, 4) is 11.4 Å². The van der Waals surface area contributed by atoms with Crippen molar-refractivity contribution in [1.29, 1.82) is 0 Å². The maximum atomic E-state index is 5.70. The third-order valence-electron chi connectivity index (χ3n) is 3.08. The predicted molar refractivity (Wildman–Crippen MR) is 91.5 cm³/mol. The Kier molecular flexibility index (Phi) is 3.93. The molecule has 0 aliphatic heterocycles. The number of benzene rings is 2. The van der Waals surface area contributed by atoms with Crippen molar-refractivity contribution in [1.82, 2.24) is 4.57 Å². The summed E-state index contributed by atoms with van der Waals surface area (Å²) in [5.74, 6) is 0.725. The monoisotopic (exact) mass is 379 g/mol. The van der Waals surface area contributed by atoms with Gasteiger partial charge in [0.25, 0.3) is 4.84 Å². The fourth-order valence-electron chi connectivity index (χ4n) is 2.05. The lowest BCUT2D eigenvalue weighted by Crippen LogP contribution is -1.99. The lowest BCUT2D eigenvalue weighted by molar-refractivity contribution is 0.415. The molecule has 0 saturated heterocycles. The van der Waals surface area contributed by atoms with Crippen LogP contribution in [-0.4, -0.2) is 11.7 Å². The van der Waals surface area contributed by atoms with Gasteiger partial charge in [-0.1, -0.05) is 28.1 Å². The van der Waals surface area contributed by atoms with Crippen molar-refractivity contribution >= 4 is 51.3 Å². The highest BCUT2D eigenvalue weighted by atomic mass is 79.9. The van der Waals surface area contributed by atoms with Crippen molar-refractivity contribution in [2.24, 2.45) is 0 Å². The minimum atomic E-state index is 0.319. The summed E-state index contributed by atoms with van der Waals surface area (Å²) in [5.41, 5.74) is 1.51. The number of ether oxygens (including phenoxy) is 1. The Balaban J connectivity index is 2.35. The molecule has 0 bridgehead atoms. The van der Waals surface area contributed by atoms with Gasteiger partial charge in [0, 0.05) is 4.47 Å². The van der Waals surface area contributed by atoms with Crippen LogP contribution in [0, 0.1) is 9.48 Å². The second kappa shape index (κ2) is 5.71. The van der Waals surface area contributed by atoms with E-state index in [2.05, 4.69) is 15.9 Å². The normalized spacial score (nSPS) is 10.8. The first kappa shape index (κ1) is 14.4. The molecule has 21 heavy (non-hydrogen) atoms. The van der Waals surface area contributed by atoms with Gasteiger partial charge in [-0.25, -0.2) is 0 Å². The van der Waals surface area contributed by atoms with Crippen LogP contribution < -0.4 is 4.74 Å². The van der Waals surface area contributed by atoms with Crippen molar-refractivity contribution in [3.05, 3.63) is 56.4 Å². The number of methoxy groups -OCH3 is 1. The highest BCUT2D eigenvalue weighted by molar-refractivity contribution is 9.10. The zero-order chi connectivity index (χ0) is 15.0. The van der Waals surface area contributed by atoms with Crippen molar-refractivity contribution in [2.45, 2.75) is 0 Å². The van der Waals surface area contributed by atoms with Crippen LogP contribution in [0.1, 0.15) is 0 Å². The maximum absolute atomic E-state index is 5.70. The lowest BCUT2D eigenvalue weighted by Gasteiger charge is -2.09. The van der Waals surface area contributed by atoms with E-state index >= 15 is 0 Å². The van der Waals surface area contributed by atoms with Crippen LogP contribution in [0.25, 0.3) is 16.7 Å². The third kappa shape index (κ3) is 2.66. The molecule has 0 N–H and O–H groups in total. The zero-order valence-electron chi connectivity index (χ0n) is 11.0. The van der Waals surface area contributed by atoms with Gasteiger partial charge in [0.2, 0.25) is 0 Å². The van der Waals surface area contributed by atoms with E-state index in [-0.39, 0.29) is 0 Å². The Labute approximate surface area is 139 Å². The highest BCUT2D eigenvalue weighted by Crippen LogP contribution is 2.25. The fraction of sp³-hybridized carbons (Fsp3) is 0.0667. The highest BCUT2D eigenvalue weighted by Gasteiger charge is 2.08. The quantitative estimate of drug-likeness (QED) is 0.552. The lowest BCUT2D eigenvalue weighted by atomic mass is 10.2. The number of halogens is 1. The van der Waals surface area contributed by atoms with Gasteiger partial charge >= 0.3 is 0 Å². The third-order valence-corrected chi connectivity index (χ3v) is 4.28. The van der Waals surface area contributed by atoms with Gasteiger partial charge in [0.05, 0.1) is 18.2 Å². The van der Waals surface area contributed by atoms with Gasteiger partial charge in [-0.05, 0) is 54.7 Å². The Bertz CT molecular complexity index is 929. The van der Waals surface area contributed by atoms with Gasteiger partial charge in [0.15, 0.2) is 0 Å². The number of aromatic nitrogens is 1. The van der Waals surface area contributed by atoms with E-state index in [0.29, 0.717) is 15.1 Å². The summed E-state index contributed by atoms with van der Waals surface area (Å²) in [5, 5.41) is 0.792. The first-order valence-corrected chi connectivity index (χ1v) is 7.71. The number of fused-ring (bicyclic) bond motifs is 1. The molecular weight excluding hydrogens is 370 g/mol. The van der Waals surface area contributed by atoms with Gasteiger partial charge in [-0.2, -0.15) is 0 Å². The molecule has 0 fully saturated rings. The molecule has 3 aromatic rings. The average Bonchev–Trinajstić information content (AvgIpc) is 2.49. The molecule has 0 amide bonds. The van der Waals surface area contributed by atoms with Gasteiger partial charge in [-0.3, -0.25) is 4.57 Å². The minimum absolute atomic E-state index is 0.319. The summed E-state index contributed by atoms with van der Waals surface area (Å²) in [6.07, 6.45) is 0. The van der Waals surface area contributed by atoms with Crippen molar-refractivity contribution in [2.75, 3.05) is 7.11 Å². The second-order valence-electron chi connectivity index (χ2n) is 4.35. The Morgan fingerprint density at radius 3 is 2.48 bits per heavy atom. The topological polar surface area (TPSA) is 27.3 Å². The number of hydrogen-bond acceptors (Lipinski definition) is 4. The first-order valence-electron chi connectivity index (χ1n) is 6.10. The Hall–Kier alpha value is -1.50. The molecule has 106 valence electrons. The van der Waals surface area contributed by atoms with Crippen LogP contribution in [0.4, 0.5) is 0 Å². The van der Waals surface area contributed by atoms with E-state index in [0.717, 1.165) is 21.3 Å². The number of nitrogens with zero attached hydrogens (tertiary/aromatic N) is 1. The van der Waals surface area contributed by atoms with E-state index in [9.17, 15) is 0 Å². The molecule has 0 unspecified atom stereocenters. The van der Waals surface area contributed by atoms with Gasteiger partial charge in [-0.15, -0.1) is 0 Å². The minimum Gasteiger partial charge on any atom is -0.497 e. The molecule has 0 atom stereocenters. The fourth-order valence-corrected chi connectivity index (χ4v) is 3.00. The largest absolute Gasteiger partial charge is 0.497 e. The van der Waals surface area contributed by atoms with E-state index in [1.165, 1.54) is 0 Å². The summed E-state index contributed by atoms with van der Waals surface area (Å²) in [4.78, 5) is 0.319. The standard InChI is InChI=1S/C15H10BrNO2S2/c1-18-11-6-7-13-12(8-11)14(20)17(15(21)19-13)10-4-2-9(16)3-5-10/h2-8H,1H3. The van der Waals surface area contributed by atoms with Crippen molar-refractivity contribution in [3.63, 3.8) is 0 Å². The first-order chi connectivity index (χ1) is 10.1. The Morgan fingerprint density at radius 1 is 1.10 bits per heavy atom. The van der Waals surface area contributed by atoms with E-state index in [1.54, 1.807) is 11.7 Å². The summed E-state index contributed by atoms with van der Waals surface area (Å²) < 4.78 is 14.3. The number of hydrogen-bond donors (Lipinski definition) is 0. The molecule has 3 nitrogen and oxygen atoms in total.